The third-order valence-corrected chi connectivity index (χ3v) is 3.43. The van der Waals surface area contributed by atoms with Gasteiger partial charge >= 0.3 is 6.03 Å². The van der Waals surface area contributed by atoms with Crippen LogP contribution in [0.3, 0.4) is 0 Å². The Balaban J connectivity index is 2.08. The van der Waals surface area contributed by atoms with Crippen LogP contribution < -0.4 is 5.32 Å². The first-order chi connectivity index (χ1) is 8.09. The van der Waals surface area contributed by atoms with Crippen molar-refractivity contribution in [3.63, 3.8) is 0 Å². The molecular formula is C14H28N2O. The van der Waals surface area contributed by atoms with Gasteiger partial charge in [-0.2, -0.15) is 0 Å². The molecule has 1 N–H and O–H groups in total. The Hall–Kier alpha value is -0.730. The molecule has 0 bridgehead atoms. The first kappa shape index (κ1) is 14.3. The molecular weight excluding hydrogens is 212 g/mol. The maximum atomic E-state index is 11.9. The number of amides is 2. The highest BCUT2D eigenvalue weighted by atomic mass is 16.2. The highest BCUT2D eigenvalue weighted by Crippen LogP contribution is 2.15. The fourth-order valence-corrected chi connectivity index (χ4v) is 2.36. The predicted molar refractivity (Wildman–Crippen MR) is 72.1 cm³/mol. The average molecular weight is 240 g/mol. The number of nitrogens with one attached hydrogen (secondary N) is 1. The number of carbonyl (C=O) groups is 1. The number of urea groups is 1. The summed E-state index contributed by atoms with van der Waals surface area (Å²) in [6, 6.07) is 0.140. The van der Waals surface area contributed by atoms with Crippen LogP contribution in [0.15, 0.2) is 0 Å². The number of hydrogen-bond donors (Lipinski definition) is 1. The molecule has 1 aliphatic heterocycles. The zero-order valence-electron chi connectivity index (χ0n) is 11.7. The standard InChI is InChI=1S/C14H28N2O/c1-12(2)7-4-5-9-15-14(17)16-10-6-8-13(3)11-16/h12-13H,4-11H2,1-3H3,(H,15,17). The minimum Gasteiger partial charge on any atom is -0.338 e. The van der Waals surface area contributed by atoms with Crippen LogP contribution in [0, 0.1) is 11.8 Å². The zero-order valence-corrected chi connectivity index (χ0v) is 11.7. The van der Waals surface area contributed by atoms with E-state index >= 15 is 0 Å². The van der Waals surface area contributed by atoms with Gasteiger partial charge in [-0.05, 0) is 31.1 Å². The topological polar surface area (TPSA) is 32.3 Å². The predicted octanol–water partition coefficient (Wildman–Crippen LogP) is 3.25. The molecule has 1 rings (SSSR count). The summed E-state index contributed by atoms with van der Waals surface area (Å²) in [7, 11) is 0. The Kier molecular flexibility index (Phi) is 6.38. The second-order valence-electron chi connectivity index (χ2n) is 5.81. The van der Waals surface area contributed by atoms with Crippen molar-refractivity contribution in [3.8, 4) is 0 Å². The molecule has 1 fully saturated rings. The number of likely N-dealkylation sites (tertiary alicyclic amines) is 1. The number of hydrogen-bond acceptors (Lipinski definition) is 1. The van der Waals surface area contributed by atoms with E-state index in [1.807, 2.05) is 4.90 Å². The lowest BCUT2D eigenvalue weighted by Crippen LogP contribution is -2.45. The Bertz CT molecular complexity index is 228. The van der Waals surface area contributed by atoms with E-state index in [1.54, 1.807) is 0 Å². The minimum atomic E-state index is 0.140. The van der Waals surface area contributed by atoms with Crippen molar-refractivity contribution >= 4 is 6.03 Å². The molecule has 17 heavy (non-hydrogen) atoms. The quantitative estimate of drug-likeness (QED) is 0.735. The van der Waals surface area contributed by atoms with Crippen LogP contribution in [0.5, 0.6) is 0 Å². The molecule has 2 amide bonds. The molecule has 1 unspecified atom stereocenters. The van der Waals surface area contributed by atoms with Crippen LogP contribution in [0.1, 0.15) is 52.9 Å². The highest BCUT2D eigenvalue weighted by molar-refractivity contribution is 5.74. The molecule has 1 heterocycles. The van der Waals surface area contributed by atoms with Gasteiger partial charge in [-0.15, -0.1) is 0 Å². The van der Waals surface area contributed by atoms with Crippen molar-refractivity contribution in [3.05, 3.63) is 0 Å². The molecule has 3 nitrogen and oxygen atoms in total. The smallest absolute Gasteiger partial charge is 0.317 e. The lowest BCUT2D eigenvalue weighted by Gasteiger charge is -2.30. The van der Waals surface area contributed by atoms with Gasteiger partial charge < -0.3 is 10.2 Å². The summed E-state index contributed by atoms with van der Waals surface area (Å²) >= 11 is 0. The summed E-state index contributed by atoms with van der Waals surface area (Å²) in [5.41, 5.74) is 0. The van der Waals surface area contributed by atoms with Crippen molar-refractivity contribution in [1.82, 2.24) is 10.2 Å². The number of carbonyl (C=O) groups excluding carboxylic acids is 1. The maximum Gasteiger partial charge on any atom is 0.317 e. The molecule has 0 spiro atoms. The van der Waals surface area contributed by atoms with Crippen LogP contribution >= 0.6 is 0 Å². The summed E-state index contributed by atoms with van der Waals surface area (Å²) in [6.07, 6.45) is 6.00. The lowest BCUT2D eigenvalue weighted by atomic mass is 10.0. The van der Waals surface area contributed by atoms with Gasteiger partial charge in [0.15, 0.2) is 0 Å². The Labute approximate surface area is 106 Å². The van der Waals surface area contributed by atoms with Crippen molar-refractivity contribution in [2.75, 3.05) is 19.6 Å². The third-order valence-electron chi connectivity index (χ3n) is 3.43. The van der Waals surface area contributed by atoms with E-state index < -0.39 is 0 Å². The second-order valence-corrected chi connectivity index (χ2v) is 5.81. The Morgan fingerprint density at radius 2 is 2.18 bits per heavy atom. The molecule has 1 aliphatic rings. The van der Waals surface area contributed by atoms with Gasteiger partial charge in [0.1, 0.15) is 0 Å². The fraction of sp³-hybridized carbons (Fsp3) is 0.929. The lowest BCUT2D eigenvalue weighted by molar-refractivity contribution is 0.169. The van der Waals surface area contributed by atoms with E-state index in [9.17, 15) is 4.79 Å². The van der Waals surface area contributed by atoms with Gasteiger partial charge in [0, 0.05) is 19.6 Å². The fourth-order valence-electron chi connectivity index (χ4n) is 2.36. The van der Waals surface area contributed by atoms with E-state index in [0.717, 1.165) is 38.4 Å². The number of nitrogens with zero attached hydrogens (tertiary/aromatic N) is 1. The zero-order chi connectivity index (χ0) is 12.7. The normalized spacial score (nSPS) is 20.7. The number of unbranched alkanes of at least 4 members (excludes halogenated alkanes) is 1. The average Bonchev–Trinajstić information content (AvgIpc) is 2.28. The molecule has 0 radical (unpaired) electrons. The Morgan fingerprint density at radius 1 is 1.41 bits per heavy atom. The van der Waals surface area contributed by atoms with Gasteiger partial charge in [-0.25, -0.2) is 4.79 Å². The van der Waals surface area contributed by atoms with Crippen molar-refractivity contribution in [2.24, 2.45) is 11.8 Å². The van der Waals surface area contributed by atoms with Crippen molar-refractivity contribution in [2.45, 2.75) is 52.9 Å². The minimum absolute atomic E-state index is 0.140. The number of piperidine rings is 1. The molecule has 0 aliphatic carbocycles. The largest absolute Gasteiger partial charge is 0.338 e. The molecule has 3 heteroatoms. The number of rotatable bonds is 5. The van der Waals surface area contributed by atoms with Crippen LogP contribution in [0.25, 0.3) is 0 Å². The van der Waals surface area contributed by atoms with E-state index in [0.29, 0.717) is 5.92 Å². The molecule has 0 aromatic carbocycles. The maximum absolute atomic E-state index is 11.9. The summed E-state index contributed by atoms with van der Waals surface area (Å²) in [4.78, 5) is 13.8. The monoisotopic (exact) mass is 240 g/mol. The van der Waals surface area contributed by atoms with Gasteiger partial charge in [-0.1, -0.05) is 33.6 Å². The molecule has 0 aromatic heterocycles. The third kappa shape index (κ3) is 5.94. The van der Waals surface area contributed by atoms with Gasteiger partial charge in [-0.3, -0.25) is 0 Å². The van der Waals surface area contributed by atoms with Crippen LogP contribution in [0.2, 0.25) is 0 Å². The van der Waals surface area contributed by atoms with E-state index in [-0.39, 0.29) is 6.03 Å². The van der Waals surface area contributed by atoms with Crippen LogP contribution in [0.4, 0.5) is 4.79 Å². The first-order valence-electron chi connectivity index (χ1n) is 7.12. The second kappa shape index (κ2) is 7.57. The van der Waals surface area contributed by atoms with E-state index in [2.05, 4.69) is 26.1 Å². The van der Waals surface area contributed by atoms with Crippen molar-refractivity contribution < 1.29 is 4.79 Å². The van der Waals surface area contributed by atoms with Crippen LogP contribution in [-0.4, -0.2) is 30.6 Å². The van der Waals surface area contributed by atoms with E-state index in [1.165, 1.54) is 19.3 Å². The van der Waals surface area contributed by atoms with Crippen molar-refractivity contribution in [1.29, 1.82) is 0 Å². The molecule has 1 saturated heterocycles. The van der Waals surface area contributed by atoms with Gasteiger partial charge in [0.05, 0.1) is 0 Å². The first-order valence-corrected chi connectivity index (χ1v) is 7.12. The Morgan fingerprint density at radius 3 is 2.82 bits per heavy atom. The summed E-state index contributed by atoms with van der Waals surface area (Å²) in [6.45, 7) is 9.40. The molecule has 1 atom stereocenters. The molecule has 100 valence electrons. The van der Waals surface area contributed by atoms with Gasteiger partial charge in [0.2, 0.25) is 0 Å². The molecule has 0 saturated carbocycles. The summed E-state index contributed by atoms with van der Waals surface area (Å²) in [5, 5.41) is 3.03. The molecule has 0 aromatic rings. The SMILES string of the molecule is CC(C)CCCCNC(=O)N1CCCC(C)C1. The van der Waals surface area contributed by atoms with Gasteiger partial charge in [0.25, 0.3) is 0 Å². The highest BCUT2D eigenvalue weighted by Gasteiger charge is 2.20. The summed E-state index contributed by atoms with van der Waals surface area (Å²) < 4.78 is 0. The summed E-state index contributed by atoms with van der Waals surface area (Å²) in [5.74, 6) is 1.43. The van der Waals surface area contributed by atoms with Crippen LogP contribution in [-0.2, 0) is 0 Å². The van der Waals surface area contributed by atoms with E-state index in [4.69, 9.17) is 0 Å².